The van der Waals surface area contributed by atoms with E-state index in [9.17, 15) is 4.39 Å². The molecule has 4 aromatic rings. The molecular weight excluding hydrogens is 381 g/mol. The minimum absolute atomic E-state index is 0.314. The van der Waals surface area contributed by atoms with E-state index < -0.39 is 5.82 Å². The Morgan fingerprint density at radius 2 is 2.17 bits per heavy atom. The zero-order valence-electron chi connectivity index (χ0n) is 11.5. The van der Waals surface area contributed by atoms with Gasteiger partial charge in [0, 0.05) is 24.0 Å². The summed E-state index contributed by atoms with van der Waals surface area (Å²) < 4.78 is 15.8. The molecule has 2 N–H and O–H groups in total. The number of hydrogen-bond acceptors (Lipinski definition) is 5. The van der Waals surface area contributed by atoms with E-state index in [1.54, 1.807) is 6.07 Å². The second kappa shape index (κ2) is 5.71. The Labute approximate surface area is 142 Å². The van der Waals surface area contributed by atoms with Gasteiger partial charge in [-0.05, 0) is 28.1 Å². The van der Waals surface area contributed by atoms with Gasteiger partial charge in [0.15, 0.2) is 17.5 Å². The molecule has 0 spiro atoms. The molecule has 0 aliphatic carbocycles. The van der Waals surface area contributed by atoms with Gasteiger partial charge in [0.05, 0.1) is 26.6 Å². The molecule has 0 aliphatic heterocycles. The lowest BCUT2D eigenvalue weighted by molar-refractivity contribution is 0.624. The van der Waals surface area contributed by atoms with Gasteiger partial charge in [-0.25, -0.2) is 14.4 Å². The maximum absolute atomic E-state index is 14.0. The van der Waals surface area contributed by atoms with Crippen molar-refractivity contribution in [3.63, 3.8) is 0 Å². The molecule has 4 aromatic heterocycles. The summed E-state index contributed by atoms with van der Waals surface area (Å²) in [6.45, 7) is 0. The smallest absolute Gasteiger partial charge is 0.165 e. The van der Waals surface area contributed by atoms with Crippen LogP contribution >= 0.6 is 27.3 Å². The van der Waals surface area contributed by atoms with Gasteiger partial charge >= 0.3 is 0 Å². The lowest BCUT2D eigenvalue weighted by Crippen LogP contribution is -1.99. The molecule has 114 valence electrons. The molecule has 8 heteroatoms. The number of nitrogens with zero attached hydrogens (tertiary/aromatic N) is 3. The Morgan fingerprint density at radius 1 is 1.26 bits per heavy atom. The Kier molecular flexibility index (Phi) is 3.55. The van der Waals surface area contributed by atoms with Crippen molar-refractivity contribution in [2.75, 3.05) is 5.32 Å². The van der Waals surface area contributed by atoms with Crippen LogP contribution in [-0.2, 0) is 0 Å². The molecule has 0 unspecified atom stereocenters. The van der Waals surface area contributed by atoms with Crippen LogP contribution in [0.25, 0.3) is 21.6 Å². The van der Waals surface area contributed by atoms with Crippen LogP contribution in [0.3, 0.4) is 0 Å². The molecule has 0 aromatic carbocycles. The number of anilines is 2. The van der Waals surface area contributed by atoms with Crippen LogP contribution in [0, 0.1) is 5.82 Å². The number of rotatable bonds is 3. The van der Waals surface area contributed by atoms with Crippen LogP contribution in [0.2, 0.25) is 0 Å². The predicted octanol–water partition coefficient (Wildman–Crippen LogP) is 4.73. The maximum Gasteiger partial charge on any atom is 0.165 e. The molecule has 5 nitrogen and oxygen atoms in total. The van der Waals surface area contributed by atoms with Gasteiger partial charge in [-0.15, -0.1) is 11.3 Å². The molecular formula is C15H9BrFN5S. The number of aromatic nitrogens is 4. The number of hydrogen-bond donors (Lipinski definition) is 2. The summed E-state index contributed by atoms with van der Waals surface area (Å²) in [7, 11) is 0. The van der Waals surface area contributed by atoms with Crippen molar-refractivity contribution < 1.29 is 4.39 Å². The van der Waals surface area contributed by atoms with E-state index in [0.29, 0.717) is 17.2 Å². The van der Waals surface area contributed by atoms with E-state index in [1.807, 2.05) is 23.8 Å². The molecule has 0 atom stereocenters. The monoisotopic (exact) mass is 389 g/mol. The second-order valence-electron chi connectivity index (χ2n) is 4.74. The lowest BCUT2D eigenvalue weighted by atomic mass is 10.2. The van der Waals surface area contributed by atoms with E-state index in [2.05, 4.69) is 41.2 Å². The molecule has 0 radical (unpaired) electrons. The normalized spacial score (nSPS) is 11.0. The first-order chi connectivity index (χ1) is 11.2. The first-order valence-corrected chi connectivity index (χ1v) is 8.34. The molecule has 0 amide bonds. The zero-order chi connectivity index (χ0) is 15.8. The second-order valence-corrected chi connectivity index (χ2v) is 6.47. The fourth-order valence-electron chi connectivity index (χ4n) is 2.19. The van der Waals surface area contributed by atoms with Crippen molar-refractivity contribution >= 4 is 49.0 Å². The molecule has 0 saturated carbocycles. The topological polar surface area (TPSA) is 66.5 Å². The average molecular weight is 390 g/mol. The number of thiophene rings is 1. The number of H-pyrrole nitrogens is 1. The van der Waals surface area contributed by atoms with E-state index in [0.717, 1.165) is 26.6 Å². The highest BCUT2D eigenvalue weighted by molar-refractivity contribution is 9.10. The number of pyridine rings is 1. The van der Waals surface area contributed by atoms with Gasteiger partial charge in [0.25, 0.3) is 0 Å². The molecule has 4 heterocycles. The molecule has 0 bridgehead atoms. The minimum atomic E-state index is -0.453. The Balaban J connectivity index is 1.92. The first kappa shape index (κ1) is 14.3. The van der Waals surface area contributed by atoms with E-state index in [4.69, 9.17) is 0 Å². The Bertz CT molecular complexity index is 983. The van der Waals surface area contributed by atoms with Gasteiger partial charge in [-0.3, -0.25) is 4.98 Å². The summed E-state index contributed by atoms with van der Waals surface area (Å²) >= 11 is 5.00. The molecule has 0 aliphatic rings. The quantitative estimate of drug-likeness (QED) is 0.531. The standard InChI is InChI=1S/C15H9BrFN5S/c16-10-7-23-13-12(10)21-14(9-2-4-19-6-11(9)17)22-15(13)20-8-1-3-18-5-8/h1-7,18H,(H,20,21,22). The molecule has 0 fully saturated rings. The summed E-state index contributed by atoms with van der Waals surface area (Å²) in [4.78, 5) is 15.7. The first-order valence-electron chi connectivity index (χ1n) is 6.67. The van der Waals surface area contributed by atoms with Crippen molar-refractivity contribution in [1.29, 1.82) is 0 Å². The number of aromatic amines is 1. The van der Waals surface area contributed by atoms with Crippen molar-refractivity contribution in [1.82, 2.24) is 19.9 Å². The summed E-state index contributed by atoms with van der Waals surface area (Å²) in [5.41, 5.74) is 1.93. The van der Waals surface area contributed by atoms with Crippen LogP contribution in [-0.4, -0.2) is 19.9 Å². The molecule has 0 saturated heterocycles. The Morgan fingerprint density at radius 3 is 2.96 bits per heavy atom. The van der Waals surface area contributed by atoms with Crippen molar-refractivity contribution in [2.45, 2.75) is 0 Å². The molecule has 4 rings (SSSR count). The number of nitrogens with one attached hydrogen (secondary N) is 2. The van der Waals surface area contributed by atoms with E-state index >= 15 is 0 Å². The Hall–Kier alpha value is -2.32. The number of halogens is 2. The van der Waals surface area contributed by atoms with Gasteiger partial charge in [-0.2, -0.15) is 0 Å². The zero-order valence-corrected chi connectivity index (χ0v) is 13.9. The summed E-state index contributed by atoms with van der Waals surface area (Å²) in [6, 6.07) is 3.46. The third-order valence-electron chi connectivity index (χ3n) is 3.25. The van der Waals surface area contributed by atoms with E-state index in [1.165, 1.54) is 17.5 Å². The highest BCUT2D eigenvalue weighted by Gasteiger charge is 2.16. The summed E-state index contributed by atoms with van der Waals surface area (Å²) in [6.07, 6.45) is 6.32. The minimum Gasteiger partial charge on any atom is -0.366 e. The third kappa shape index (κ3) is 2.60. The van der Waals surface area contributed by atoms with Crippen molar-refractivity contribution in [3.05, 3.63) is 52.6 Å². The van der Waals surface area contributed by atoms with Gasteiger partial charge in [-0.1, -0.05) is 0 Å². The summed E-state index contributed by atoms with van der Waals surface area (Å²) in [5, 5.41) is 5.18. The fraction of sp³-hybridized carbons (Fsp3) is 0. The van der Waals surface area contributed by atoms with Gasteiger partial charge in [0.2, 0.25) is 0 Å². The highest BCUT2D eigenvalue weighted by atomic mass is 79.9. The lowest BCUT2D eigenvalue weighted by Gasteiger charge is -2.08. The van der Waals surface area contributed by atoms with Crippen LogP contribution in [0.4, 0.5) is 15.9 Å². The van der Waals surface area contributed by atoms with Crippen molar-refractivity contribution in [3.8, 4) is 11.4 Å². The van der Waals surface area contributed by atoms with Crippen LogP contribution in [0.15, 0.2) is 46.8 Å². The van der Waals surface area contributed by atoms with Crippen LogP contribution in [0.1, 0.15) is 0 Å². The average Bonchev–Trinajstić information content (AvgIpc) is 3.18. The van der Waals surface area contributed by atoms with Gasteiger partial charge in [0.1, 0.15) is 5.52 Å². The predicted molar refractivity (Wildman–Crippen MR) is 92.4 cm³/mol. The largest absolute Gasteiger partial charge is 0.366 e. The van der Waals surface area contributed by atoms with Crippen LogP contribution in [0.5, 0.6) is 0 Å². The molecule has 23 heavy (non-hydrogen) atoms. The third-order valence-corrected chi connectivity index (χ3v) is 5.13. The number of fused-ring (bicyclic) bond motifs is 1. The SMILES string of the molecule is Fc1cnccc1-c1nc(Nc2cc[nH]c2)c2scc(Br)c2n1. The summed E-state index contributed by atoms with van der Waals surface area (Å²) in [5.74, 6) is 0.497. The van der Waals surface area contributed by atoms with Crippen molar-refractivity contribution in [2.24, 2.45) is 0 Å². The van der Waals surface area contributed by atoms with Crippen LogP contribution < -0.4 is 5.32 Å². The fourth-order valence-corrected chi connectivity index (χ4v) is 3.70. The highest BCUT2D eigenvalue weighted by Crippen LogP contribution is 2.36. The maximum atomic E-state index is 14.0. The van der Waals surface area contributed by atoms with E-state index in [-0.39, 0.29) is 0 Å². The van der Waals surface area contributed by atoms with Gasteiger partial charge < -0.3 is 10.3 Å².